The van der Waals surface area contributed by atoms with E-state index in [1.807, 2.05) is 0 Å². The minimum Gasteiger partial charge on any atom is -0.493 e. The average molecular weight is 463 g/mol. The van der Waals surface area contributed by atoms with Crippen molar-refractivity contribution >= 4 is 17.6 Å². The van der Waals surface area contributed by atoms with Crippen molar-refractivity contribution in [2.75, 3.05) is 18.1 Å². The summed E-state index contributed by atoms with van der Waals surface area (Å²) in [5.41, 5.74) is 2.81. The van der Waals surface area contributed by atoms with E-state index in [4.69, 9.17) is 9.47 Å². The Balaban J connectivity index is 1.61. The lowest BCUT2D eigenvalue weighted by Crippen LogP contribution is -2.31. The molecule has 172 valence electrons. The van der Waals surface area contributed by atoms with E-state index >= 15 is 0 Å². The summed E-state index contributed by atoms with van der Waals surface area (Å²) in [4.78, 5) is 17.7. The number of aliphatic hydroxyl groups excluding tert-OH is 1. The van der Waals surface area contributed by atoms with Crippen LogP contribution in [0.3, 0.4) is 0 Å². The quantitative estimate of drug-likeness (QED) is 0.465. The molecule has 5 heterocycles. The van der Waals surface area contributed by atoms with Crippen LogP contribution in [0.4, 0.5) is 15.0 Å². The van der Waals surface area contributed by atoms with Gasteiger partial charge in [-0.2, -0.15) is 0 Å². The van der Waals surface area contributed by atoms with Gasteiger partial charge in [-0.25, -0.2) is 9.18 Å². The van der Waals surface area contributed by atoms with Crippen molar-refractivity contribution in [3.63, 3.8) is 0 Å². The third-order valence-corrected chi connectivity index (χ3v) is 6.19. The van der Waals surface area contributed by atoms with Crippen molar-refractivity contribution in [3.8, 4) is 22.6 Å². The molecule has 0 spiro atoms. The van der Waals surface area contributed by atoms with E-state index in [1.165, 1.54) is 16.8 Å². The molecule has 1 aromatic carbocycles. The lowest BCUT2D eigenvalue weighted by molar-refractivity contribution is 0.200. The Hall–Kier alpha value is -4.25. The van der Waals surface area contributed by atoms with Crippen LogP contribution >= 0.6 is 0 Å². The summed E-state index contributed by atoms with van der Waals surface area (Å²) < 4.78 is 28.3. The monoisotopic (exact) mass is 463 g/mol. The third kappa shape index (κ3) is 2.97. The summed E-state index contributed by atoms with van der Waals surface area (Å²) in [6.07, 6.45) is 1.66. The number of aliphatic hydroxyl groups is 1. The van der Waals surface area contributed by atoms with Crippen molar-refractivity contribution in [2.24, 2.45) is 0 Å². The molecule has 6 rings (SSSR count). The summed E-state index contributed by atoms with van der Waals surface area (Å²) in [5, 5.41) is 28.1. The number of hydrogen-bond acceptors (Lipinski definition) is 7. The lowest BCUT2D eigenvalue weighted by Gasteiger charge is -2.24. The first kappa shape index (κ1) is 20.4. The molecule has 11 heteroatoms. The molecule has 0 fully saturated rings. The van der Waals surface area contributed by atoms with Crippen LogP contribution in [0, 0.1) is 5.82 Å². The second kappa shape index (κ2) is 7.66. The molecule has 1 atom stereocenters. The number of carboxylic acid groups (broad SMARTS) is 1. The number of halogens is 1. The molecule has 2 N–H and O–H groups in total. The van der Waals surface area contributed by atoms with Crippen molar-refractivity contribution in [1.29, 1.82) is 0 Å². The molecule has 0 saturated heterocycles. The zero-order valence-electron chi connectivity index (χ0n) is 17.7. The highest BCUT2D eigenvalue weighted by Crippen LogP contribution is 2.43. The Morgan fingerprint density at radius 1 is 1.18 bits per heavy atom. The van der Waals surface area contributed by atoms with Gasteiger partial charge in [-0.1, -0.05) is 6.07 Å². The topological polar surface area (TPSA) is 122 Å². The Morgan fingerprint density at radius 2 is 2.00 bits per heavy atom. The fourth-order valence-corrected chi connectivity index (χ4v) is 4.67. The van der Waals surface area contributed by atoms with Crippen LogP contribution in [-0.2, 0) is 13.2 Å². The molecular weight excluding hydrogens is 445 g/mol. The zero-order valence-corrected chi connectivity index (χ0v) is 17.7. The summed E-state index contributed by atoms with van der Waals surface area (Å²) in [5.74, 6) is 0.152. The number of hydrogen-bond donors (Lipinski definition) is 2. The Bertz CT molecular complexity index is 1460. The molecule has 34 heavy (non-hydrogen) atoms. The second-order valence-electron chi connectivity index (χ2n) is 8.05. The standard InChI is InChI=1S/C23H18FN5O5/c24-16-3-4-18-20-12(9-33-18)10-34-19-6-14(13-2-1-5-25-17(13)8-30)21-27-26-11-29(21)22(19)28(23(31)32)7-15(16)20/h1-6,11-12,30H,7-10H2,(H,31,32)/t12-/m0/s1. The maximum absolute atomic E-state index is 15.0. The number of benzene rings is 1. The predicted molar refractivity (Wildman–Crippen MR) is 116 cm³/mol. The van der Waals surface area contributed by atoms with Gasteiger partial charge in [0.05, 0.1) is 38.0 Å². The highest BCUT2D eigenvalue weighted by molar-refractivity contribution is 5.91. The molecule has 3 aromatic heterocycles. The molecule has 2 aliphatic rings. The Morgan fingerprint density at radius 3 is 2.79 bits per heavy atom. The van der Waals surface area contributed by atoms with Gasteiger partial charge in [-0.15, -0.1) is 10.2 Å². The molecule has 2 aliphatic heterocycles. The van der Waals surface area contributed by atoms with E-state index in [1.54, 1.807) is 30.5 Å². The maximum atomic E-state index is 15.0. The normalized spacial score (nSPS) is 16.6. The van der Waals surface area contributed by atoms with Gasteiger partial charge in [0.2, 0.25) is 0 Å². The summed E-state index contributed by atoms with van der Waals surface area (Å²) in [6, 6.07) is 8.01. The van der Waals surface area contributed by atoms with Gasteiger partial charge in [-0.05, 0) is 24.3 Å². The van der Waals surface area contributed by atoms with Gasteiger partial charge in [0.25, 0.3) is 0 Å². The van der Waals surface area contributed by atoms with Gasteiger partial charge in [-0.3, -0.25) is 14.3 Å². The largest absolute Gasteiger partial charge is 0.493 e. The van der Waals surface area contributed by atoms with Crippen LogP contribution in [0.25, 0.3) is 16.8 Å². The number of ether oxygens (including phenoxy) is 2. The molecule has 1 amide bonds. The van der Waals surface area contributed by atoms with Crippen LogP contribution in [0.15, 0.2) is 42.9 Å². The smallest absolute Gasteiger partial charge is 0.413 e. The Kier molecular flexibility index (Phi) is 4.59. The third-order valence-electron chi connectivity index (χ3n) is 6.19. The molecule has 0 radical (unpaired) electrons. The van der Waals surface area contributed by atoms with Gasteiger partial charge < -0.3 is 19.7 Å². The van der Waals surface area contributed by atoms with E-state index in [9.17, 15) is 19.4 Å². The minimum absolute atomic E-state index is 0.150. The summed E-state index contributed by atoms with van der Waals surface area (Å²) in [7, 11) is 0. The van der Waals surface area contributed by atoms with Crippen LogP contribution in [0.1, 0.15) is 22.7 Å². The first-order valence-electron chi connectivity index (χ1n) is 10.6. The first-order valence-corrected chi connectivity index (χ1v) is 10.6. The average Bonchev–Trinajstić information content (AvgIpc) is 3.49. The summed E-state index contributed by atoms with van der Waals surface area (Å²) in [6.45, 7) is -0.0987. The van der Waals surface area contributed by atoms with Crippen molar-refractivity contribution < 1.29 is 28.9 Å². The number of anilines is 1. The summed E-state index contributed by atoms with van der Waals surface area (Å²) >= 11 is 0. The molecule has 4 aromatic rings. The number of aromatic nitrogens is 4. The van der Waals surface area contributed by atoms with Crippen LogP contribution in [0.5, 0.6) is 11.5 Å². The fraction of sp³-hybridized carbons (Fsp3) is 0.217. The number of carbonyl (C=O) groups is 1. The number of pyridine rings is 2. The number of amides is 1. The van der Waals surface area contributed by atoms with Gasteiger partial charge >= 0.3 is 6.09 Å². The SMILES string of the molecule is O=C(O)N1Cc2c(F)ccc3c2[C@@H](CO3)COc2cc(-c3cccnc3CO)c3nncn3c21. The fourth-order valence-electron chi connectivity index (χ4n) is 4.67. The maximum Gasteiger partial charge on any atom is 0.413 e. The first-order chi connectivity index (χ1) is 16.6. The highest BCUT2D eigenvalue weighted by Gasteiger charge is 2.35. The van der Waals surface area contributed by atoms with Crippen LogP contribution < -0.4 is 14.4 Å². The molecule has 0 bridgehead atoms. The second-order valence-corrected chi connectivity index (χ2v) is 8.05. The van der Waals surface area contributed by atoms with E-state index in [2.05, 4.69) is 15.2 Å². The lowest BCUT2D eigenvalue weighted by atomic mass is 9.95. The van der Waals surface area contributed by atoms with Crippen LogP contribution in [-0.4, -0.2) is 49.1 Å². The van der Waals surface area contributed by atoms with E-state index in [0.717, 1.165) is 4.90 Å². The molecule has 10 nitrogen and oxygen atoms in total. The van der Waals surface area contributed by atoms with Crippen LogP contribution in [0.2, 0.25) is 0 Å². The number of rotatable bonds is 2. The Labute approximate surface area is 191 Å². The molecule has 0 saturated carbocycles. The molecule has 0 unspecified atom stereocenters. The van der Waals surface area contributed by atoms with E-state index in [-0.39, 0.29) is 42.8 Å². The number of nitrogens with zero attached hydrogens (tertiary/aromatic N) is 5. The zero-order chi connectivity index (χ0) is 23.4. The molecule has 0 aliphatic carbocycles. The van der Waals surface area contributed by atoms with Crippen molar-refractivity contribution in [3.05, 3.63) is 65.5 Å². The molecular formula is C23H18FN5O5. The van der Waals surface area contributed by atoms with Gasteiger partial charge in [0, 0.05) is 28.5 Å². The number of fused-ring (bicyclic) bond motifs is 3. The predicted octanol–water partition coefficient (Wildman–Crippen LogP) is 2.98. The van der Waals surface area contributed by atoms with Gasteiger partial charge in [0.1, 0.15) is 17.9 Å². The minimum atomic E-state index is -1.29. The van der Waals surface area contributed by atoms with E-state index < -0.39 is 11.9 Å². The van der Waals surface area contributed by atoms with E-state index in [0.29, 0.717) is 40.4 Å². The van der Waals surface area contributed by atoms with Crippen molar-refractivity contribution in [1.82, 2.24) is 19.6 Å². The highest BCUT2D eigenvalue weighted by atomic mass is 19.1. The van der Waals surface area contributed by atoms with Crippen molar-refractivity contribution in [2.45, 2.75) is 19.1 Å². The van der Waals surface area contributed by atoms with Gasteiger partial charge in [0.15, 0.2) is 17.2 Å².